The molecule has 26 heavy (non-hydrogen) atoms. The van der Waals surface area contributed by atoms with Crippen molar-refractivity contribution in [2.75, 3.05) is 11.4 Å². The van der Waals surface area contributed by atoms with E-state index in [1.54, 1.807) is 20.3 Å². The molecule has 0 unspecified atom stereocenters. The summed E-state index contributed by atoms with van der Waals surface area (Å²) in [6.45, 7) is 0.579. The number of fused-ring (bicyclic) bond motifs is 1. The van der Waals surface area contributed by atoms with E-state index < -0.39 is 5.41 Å². The minimum atomic E-state index is -0.834. The quantitative estimate of drug-likeness (QED) is 0.729. The van der Waals surface area contributed by atoms with Crippen LogP contribution in [0.1, 0.15) is 19.3 Å². The summed E-state index contributed by atoms with van der Waals surface area (Å²) in [7, 11) is 1.88. The van der Waals surface area contributed by atoms with Gasteiger partial charge in [0.2, 0.25) is 5.91 Å². The second-order valence-corrected chi connectivity index (χ2v) is 7.24. The van der Waals surface area contributed by atoms with E-state index in [4.69, 9.17) is 0 Å². The Hall–Kier alpha value is -3.14. The van der Waals surface area contributed by atoms with E-state index in [-0.39, 0.29) is 11.8 Å². The zero-order valence-corrected chi connectivity index (χ0v) is 14.5. The Kier molecular flexibility index (Phi) is 3.02. The average molecular weight is 346 g/mol. The molecule has 0 aromatic carbocycles. The first-order valence-electron chi connectivity index (χ1n) is 8.82. The van der Waals surface area contributed by atoms with E-state index in [2.05, 4.69) is 16.3 Å². The predicted molar refractivity (Wildman–Crippen MR) is 95.1 cm³/mol. The lowest BCUT2D eigenvalue weighted by Gasteiger charge is -2.21. The van der Waals surface area contributed by atoms with E-state index in [1.165, 1.54) is 0 Å². The molecule has 2 fully saturated rings. The van der Waals surface area contributed by atoms with Gasteiger partial charge < -0.3 is 4.90 Å². The van der Waals surface area contributed by atoms with Crippen LogP contribution in [0.4, 0.5) is 5.69 Å². The van der Waals surface area contributed by atoms with Crippen molar-refractivity contribution in [1.82, 2.24) is 19.4 Å². The number of nitrogens with zero attached hydrogens (tertiary/aromatic N) is 6. The summed E-state index contributed by atoms with van der Waals surface area (Å²) in [5.74, 6) is 0.167. The summed E-state index contributed by atoms with van der Waals surface area (Å²) in [4.78, 5) is 14.9. The van der Waals surface area contributed by atoms with Gasteiger partial charge in [0.25, 0.3) is 0 Å². The molecule has 1 atom stereocenters. The fourth-order valence-corrected chi connectivity index (χ4v) is 4.07. The number of anilines is 1. The maximum Gasteiger partial charge on any atom is 0.247 e. The first-order valence-corrected chi connectivity index (χ1v) is 8.82. The van der Waals surface area contributed by atoms with Crippen LogP contribution in [0.2, 0.25) is 0 Å². The number of aromatic nitrogens is 4. The molecule has 7 nitrogen and oxygen atoms in total. The fourth-order valence-electron chi connectivity index (χ4n) is 4.07. The number of nitriles is 1. The summed E-state index contributed by atoms with van der Waals surface area (Å²) in [5, 5.41) is 18.3. The fraction of sp³-hybridized carbons (Fsp3) is 0.368. The average Bonchev–Trinajstić information content (AvgIpc) is 3.12. The Balaban J connectivity index is 1.58. The molecule has 1 amide bonds. The molecule has 0 spiro atoms. The van der Waals surface area contributed by atoms with Gasteiger partial charge in [0.05, 0.1) is 23.5 Å². The second kappa shape index (κ2) is 5.18. The molecule has 3 aromatic rings. The van der Waals surface area contributed by atoms with Crippen molar-refractivity contribution < 1.29 is 4.79 Å². The van der Waals surface area contributed by atoms with Gasteiger partial charge in [0.1, 0.15) is 5.41 Å². The molecule has 4 heterocycles. The van der Waals surface area contributed by atoms with Crippen LogP contribution >= 0.6 is 0 Å². The lowest BCUT2D eigenvalue weighted by Crippen LogP contribution is -2.35. The molecular weight excluding hydrogens is 328 g/mol. The highest BCUT2D eigenvalue weighted by atomic mass is 16.2. The number of rotatable bonds is 3. The van der Waals surface area contributed by atoms with Crippen LogP contribution in [0.15, 0.2) is 36.9 Å². The lowest BCUT2D eigenvalue weighted by molar-refractivity contribution is -0.123. The van der Waals surface area contributed by atoms with Crippen molar-refractivity contribution in [2.24, 2.45) is 18.4 Å². The first kappa shape index (κ1) is 15.1. The third kappa shape index (κ3) is 2.02. The Morgan fingerprint density at radius 3 is 2.81 bits per heavy atom. The van der Waals surface area contributed by atoms with Crippen LogP contribution in [0.5, 0.6) is 0 Å². The summed E-state index contributed by atoms with van der Waals surface area (Å²) >= 11 is 0. The molecule has 0 bridgehead atoms. The van der Waals surface area contributed by atoms with Crippen LogP contribution in [0.3, 0.4) is 0 Å². The van der Waals surface area contributed by atoms with Crippen molar-refractivity contribution in [3.05, 3.63) is 36.9 Å². The standard InChI is InChI=1S/C19H18N6O/c1-23-10-14(9-22-23)13-8-17-16(4-6-21-25(17)11-13)24-7-5-19(12-20,18(24)26)15-2-3-15/h4,6,8-11,15H,2-3,5,7H2,1H3/t19-/m1/s1. The number of aryl methyl sites for hydroxylation is 1. The monoisotopic (exact) mass is 346 g/mol. The van der Waals surface area contributed by atoms with Crippen LogP contribution < -0.4 is 4.90 Å². The summed E-state index contributed by atoms with van der Waals surface area (Å²) in [6.07, 6.45) is 9.97. The molecule has 5 rings (SSSR count). The molecule has 3 aromatic heterocycles. The van der Waals surface area contributed by atoms with Gasteiger partial charge >= 0.3 is 0 Å². The van der Waals surface area contributed by atoms with Gasteiger partial charge in [-0.15, -0.1) is 0 Å². The highest BCUT2D eigenvalue weighted by Gasteiger charge is 2.56. The Morgan fingerprint density at radius 2 is 2.12 bits per heavy atom. The predicted octanol–water partition coefficient (Wildman–Crippen LogP) is 2.39. The topological polar surface area (TPSA) is 79.2 Å². The smallest absolute Gasteiger partial charge is 0.247 e. The summed E-state index contributed by atoms with van der Waals surface area (Å²) < 4.78 is 3.54. The number of amides is 1. The number of carbonyl (C=O) groups is 1. The minimum absolute atomic E-state index is 0.0558. The molecule has 0 radical (unpaired) electrons. The van der Waals surface area contributed by atoms with Crippen molar-refractivity contribution in [1.29, 1.82) is 5.26 Å². The second-order valence-electron chi connectivity index (χ2n) is 7.24. The van der Waals surface area contributed by atoms with E-state index in [9.17, 15) is 10.1 Å². The molecule has 1 aliphatic heterocycles. The van der Waals surface area contributed by atoms with Gasteiger partial charge in [-0.05, 0) is 37.3 Å². The van der Waals surface area contributed by atoms with Gasteiger partial charge in [0.15, 0.2) is 0 Å². The lowest BCUT2D eigenvalue weighted by atomic mass is 9.83. The van der Waals surface area contributed by atoms with Crippen molar-refractivity contribution in [2.45, 2.75) is 19.3 Å². The normalized spacial score (nSPS) is 22.9. The molecule has 1 saturated heterocycles. The van der Waals surface area contributed by atoms with Crippen LogP contribution in [0, 0.1) is 22.7 Å². The maximum atomic E-state index is 13.1. The van der Waals surface area contributed by atoms with Gasteiger partial charge in [-0.1, -0.05) is 0 Å². The van der Waals surface area contributed by atoms with Crippen LogP contribution in [-0.2, 0) is 11.8 Å². The molecule has 7 heteroatoms. The van der Waals surface area contributed by atoms with E-state index in [0.29, 0.717) is 13.0 Å². The van der Waals surface area contributed by atoms with Crippen LogP contribution in [-0.4, -0.2) is 31.8 Å². The SMILES string of the molecule is Cn1cc(-c2cc3c(N4CC[C@@](C#N)(C5CC5)C4=O)ccnn3c2)cn1. The van der Waals surface area contributed by atoms with E-state index >= 15 is 0 Å². The van der Waals surface area contributed by atoms with Gasteiger partial charge in [-0.25, -0.2) is 4.52 Å². The first-order chi connectivity index (χ1) is 12.6. The zero-order valence-electron chi connectivity index (χ0n) is 14.5. The van der Waals surface area contributed by atoms with Gasteiger partial charge in [-0.2, -0.15) is 15.5 Å². The number of carbonyl (C=O) groups excluding carboxylic acids is 1. The third-order valence-electron chi connectivity index (χ3n) is 5.65. The van der Waals surface area contributed by atoms with E-state index in [0.717, 1.165) is 35.2 Å². The molecule has 1 saturated carbocycles. The highest BCUT2D eigenvalue weighted by molar-refractivity contribution is 6.05. The van der Waals surface area contributed by atoms with Crippen molar-refractivity contribution in [3.63, 3.8) is 0 Å². The molecule has 130 valence electrons. The van der Waals surface area contributed by atoms with E-state index in [1.807, 2.05) is 37.8 Å². The van der Waals surface area contributed by atoms with Crippen molar-refractivity contribution in [3.8, 4) is 17.2 Å². The molecular formula is C19H18N6O. The highest BCUT2D eigenvalue weighted by Crippen LogP contribution is 2.52. The van der Waals surface area contributed by atoms with Crippen LogP contribution in [0.25, 0.3) is 16.6 Å². The number of hydrogen-bond acceptors (Lipinski definition) is 4. The van der Waals surface area contributed by atoms with Gasteiger partial charge in [-0.3, -0.25) is 9.48 Å². The zero-order chi connectivity index (χ0) is 17.9. The Morgan fingerprint density at radius 1 is 1.27 bits per heavy atom. The Labute approximate surface area is 150 Å². The minimum Gasteiger partial charge on any atom is -0.309 e. The molecule has 1 aliphatic carbocycles. The Bertz CT molecular complexity index is 1070. The maximum absolute atomic E-state index is 13.1. The largest absolute Gasteiger partial charge is 0.309 e. The molecule has 2 aliphatic rings. The van der Waals surface area contributed by atoms with Gasteiger partial charge in [0, 0.05) is 43.3 Å². The summed E-state index contributed by atoms with van der Waals surface area (Å²) in [5.41, 5.74) is 2.85. The van der Waals surface area contributed by atoms with Crippen molar-refractivity contribution >= 4 is 17.1 Å². The molecule has 0 N–H and O–H groups in total. The summed E-state index contributed by atoms with van der Waals surface area (Å²) in [6, 6.07) is 6.23. The number of hydrogen-bond donors (Lipinski definition) is 0. The third-order valence-corrected chi connectivity index (χ3v) is 5.65.